The molecule has 0 bridgehead atoms. The van der Waals surface area contributed by atoms with Crippen molar-refractivity contribution in [2.75, 3.05) is 11.1 Å². The smallest absolute Gasteiger partial charge is 0.234 e. The number of aromatic nitrogens is 3. The van der Waals surface area contributed by atoms with E-state index in [1.807, 2.05) is 43.3 Å². The molecule has 2 aromatic carbocycles. The van der Waals surface area contributed by atoms with Crippen LogP contribution in [-0.2, 0) is 11.3 Å². The first-order valence-corrected chi connectivity index (χ1v) is 10.1. The predicted octanol–water partition coefficient (Wildman–Crippen LogP) is 4.70. The Labute approximate surface area is 164 Å². The Morgan fingerprint density at radius 2 is 1.93 bits per heavy atom. The molecule has 0 aliphatic rings. The molecule has 6 heteroatoms. The fourth-order valence-electron chi connectivity index (χ4n) is 2.85. The zero-order valence-corrected chi connectivity index (χ0v) is 16.7. The van der Waals surface area contributed by atoms with Gasteiger partial charge >= 0.3 is 0 Å². The van der Waals surface area contributed by atoms with Crippen LogP contribution in [0, 0.1) is 13.8 Å². The van der Waals surface area contributed by atoms with E-state index in [1.165, 1.54) is 17.3 Å². The van der Waals surface area contributed by atoms with Crippen LogP contribution in [0.5, 0.6) is 0 Å². The molecule has 1 heterocycles. The lowest BCUT2D eigenvalue weighted by Gasteiger charge is -2.10. The summed E-state index contributed by atoms with van der Waals surface area (Å²) in [5.74, 6) is 1.10. The largest absolute Gasteiger partial charge is 0.325 e. The van der Waals surface area contributed by atoms with Crippen LogP contribution in [0.4, 0.5) is 5.69 Å². The maximum Gasteiger partial charge on any atom is 0.234 e. The minimum absolute atomic E-state index is 0.0440. The lowest BCUT2D eigenvalue weighted by atomic mass is 10.1. The fourth-order valence-corrected chi connectivity index (χ4v) is 3.61. The number of aryl methyl sites for hydroxylation is 2. The van der Waals surface area contributed by atoms with Gasteiger partial charge in [-0.25, -0.2) is 0 Å². The molecule has 3 aromatic rings. The molecular formula is C21H24N4OS. The predicted molar refractivity (Wildman–Crippen MR) is 111 cm³/mol. The third-order valence-electron chi connectivity index (χ3n) is 4.19. The molecular weight excluding hydrogens is 356 g/mol. The molecule has 0 saturated carbocycles. The highest BCUT2D eigenvalue weighted by atomic mass is 32.2. The Kier molecular flexibility index (Phi) is 6.29. The first-order valence-electron chi connectivity index (χ1n) is 9.07. The van der Waals surface area contributed by atoms with Gasteiger partial charge in [0.2, 0.25) is 5.91 Å². The maximum atomic E-state index is 12.3. The SMILES string of the molecule is CCCn1c(SCC(=O)Nc2ccccc2C)nnc1-c1cccc(C)c1. The molecule has 1 N–H and O–H groups in total. The van der Waals surface area contributed by atoms with Crippen LogP contribution in [0.1, 0.15) is 24.5 Å². The van der Waals surface area contributed by atoms with Gasteiger partial charge < -0.3 is 9.88 Å². The first-order chi connectivity index (χ1) is 13.1. The Hall–Kier alpha value is -2.60. The highest BCUT2D eigenvalue weighted by molar-refractivity contribution is 7.99. The van der Waals surface area contributed by atoms with Gasteiger partial charge in [-0.2, -0.15) is 0 Å². The normalized spacial score (nSPS) is 10.8. The highest BCUT2D eigenvalue weighted by Gasteiger charge is 2.15. The van der Waals surface area contributed by atoms with E-state index in [1.54, 1.807) is 0 Å². The van der Waals surface area contributed by atoms with Crippen molar-refractivity contribution in [1.29, 1.82) is 0 Å². The van der Waals surface area contributed by atoms with Gasteiger partial charge in [-0.3, -0.25) is 4.79 Å². The summed E-state index contributed by atoms with van der Waals surface area (Å²) >= 11 is 1.42. The second kappa shape index (κ2) is 8.86. The second-order valence-corrected chi connectivity index (χ2v) is 7.42. The first kappa shape index (κ1) is 19.2. The highest BCUT2D eigenvalue weighted by Crippen LogP contribution is 2.25. The summed E-state index contributed by atoms with van der Waals surface area (Å²) < 4.78 is 2.10. The van der Waals surface area contributed by atoms with E-state index in [0.717, 1.165) is 40.8 Å². The zero-order chi connectivity index (χ0) is 19.2. The number of nitrogens with zero attached hydrogens (tertiary/aromatic N) is 3. The number of nitrogens with one attached hydrogen (secondary N) is 1. The summed E-state index contributed by atoms with van der Waals surface area (Å²) in [6.07, 6.45) is 0.972. The van der Waals surface area contributed by atoms with Crippen LogP contribution < -0.4 is 5.32 Å². The molecule has 27 heavy (non-hydrogen) atoms. The number of amides is 1. The molecule has 0 saturated heterocycles. The van der Waals surface area contributed by atoms with E-state index in [9.17, 15) is 4.79 Å². The van der Waals surface area contributed by atoms with E-state index in [0.29, 0.717) is 5.75 Å². The number of benzene rings is 2. The zero-order valence-electron chi connectivity index (χ0n) is 15.9. The van der Waals surface area contributed by atoms with Gasteiger partial charge in [0.15, 0.2) is 11.0 Å². The van der Waals surface area contributed by atoms with Gasteiger partial charge in [-0.1, -0.05) is 60.6 Å². The summed E-state index contributed by atoms with van der Waals surface area (Å²) in [6, 6.07) is 16.0. The average Bonchev–Trinajstić information content (AvgIpc) is 3.05. The van der Waals surface area contributed by atoms with Crippen molar-refractivity contribution >= 4 is 23.4 Å². The molecule has 0 radical (unpaired) electrons. The van der Waals surface area contributed by atoms with Crippen LogP contribution in [0.2, 0.25) is 0 Å². The van der Waals surface area contributed by atoms with Gasteiger partial charge in [-0.15, -0.1) is 10.2 Å². The molecule has 3 rings (SSSR count). The third-order valence-corrected chi connectivity index (χ3v) is 5.16. The lowest BCUT2D eigenvalue weighted by Crippen LogP contribution is -2.15. The quantitative estimate of drug-likeness (QED) is 0.604. The number of rotatable bonds is 7. The number of anilines is 1. The van der Waals surface area contributed by atoms with Gasteiger partial charge in [0, 0.05) is 17.8 Å². The summed E-state index contributed by atoms with van der Waals surface area (Å²) in [5.41, 5.74) is 4.13. The topological polar surface area (TPSA) is 59.8 Å². The van der Waals surface area contributed by atoms with Crippen LogP contribution in [0.25, 0.3) is 11.4 Å². The van der Waals surface area contributed by atoms with Crippen molar-refractivity contribution in [1.82, 2.24) is 14.8 Å². The van der Waals surface area contributed by atoms with Gasteiger partial charge in [-0.05, 0) is 38.0 Å². The fraction of sp³-hybridized carbons (Fsp3) is 0.286. The minimum Gasteiger partial charge on any atom is -0.325 e. The van der Waals surface area contributed by atoms with Crippen molar-refractivity contribution in [3.8, 4) is 11.4 Å². The van der Waals surface area contributed by atoms with E-state index in [2.05, 4.69) is 46.1 Å². The Morgan fingerprint density at radius 3 is 2.67 bits per heavy atom. The molecule has 140 valence electrons. The van der Waals surface area contributed by atoms with Crippen molar-refractivity contribution in [3.63, 3.8) is 0 Å². The molecule has 0 atom stereocenters. The third kappa shape index (κ3) is 4.77. The lowest BCUT2D eigenvalue weighted by molar-refractivity contribution is -0.113. The second-order valence-electron chi connectivity index (χ2n) is 6.48. The van der Waals surface area contributed by atoms with Crippen LogP contribution >= 0.6 is 11.8 Å². The van der Waals surface area contributed by atoms with E-state index >= 15 is 0 Å². The molecule has 0 spiro atoms. The molecule has 0 aliphatic carbocycles. The minimum atomic E-state index is -0.0440. The number of carbonyl (C=O) groups is 1. The van der Waals surface area contributed by atoms with Crippen LogP contribution in [-0.4, -0.2) is 26.4 Å². The Morgan fingerprint density at radius 1 is 1.11 bits per heavy atom. The number of para-hydroxylation sites is 1. The van der Waals surface area contributed by atoms with Crippen molar-refractivity contribution in [3.05, 3.63) is 59.7 Å². The monoisotopic (exact) mass is 380 g/mol. The number of thioether (sulfide) groups is 1. The van der Waals surface area contributed by atoms with Crippen LogP contribution in [0.3, 0.4) is 0 Å². The Balaban J connectivity index is 1.73. The van der Waals surface area contributed by atoms with Crippen LogP contribution in [0.15, 0.2) is 53.7 Å². The number of hydrogen-bond donors (Lipinski definition) is 1. The van der Waals surface area contributed by atoms with Gasteiger partial charge in [0.1, 0.15) is 0 Å². The Bertz CT molecular complexity index is 935. The molecule has 0 fully saturated rings. The van der Waals surface area contributed by atoms with Crippen molar-refractivity contribution in [2.24, 2.45) is 0 Å². The summed E-state index contributed by atoms with van der Waals surface area (Å²) in [6.45, 7) is 6.99. The molecule has 5 nitrogen and oxygen atoms in total. The summed E-state index contributed by atoms with van der Waals surface area (Å²) in [5, 5.41) is 12.4. The molecule has 0 unspecified atom stereocenters. The number of hydrogen-bond acceptors (Lipinski definition) is 4. The van der Waals surface area contributed by atoms with Crippen molar-refractivity contribution < 1.29 is 4.79 Å². The van der Waals surface area contributed by atoms with E-state index < -0.39 is 0 Å². The van der Waals surface area contributed by atoms with E-state index in [4.69, 9.17) is 0 Å². The molecule has 1 amide bonds. The van der Waals surface area contributed by atoms with E-state index in [-0.39, 0.29) is 5.91 Å². The molecule has 1 aromatic heterocycles. The summed E-state index contributed by atoms with van der Waals surface area (Å²) in [4.78, 5) is 12.3. The molecule has 0 aliphatic heterocycles. The standard InChI is InChI=1S/C21H24N4OS/c1-4-12-25-20(17-10-7-8-15(2)13-17)23-24-21(25)27-14-19(26)22-18-11-6-5-9-16(18)3/h5-11,13H,4,12,14H2,1-3H3,(H,22,26). The summed E-state index contributed by atoms with van der Waals surface area (Å²) in [7, 11) is 0. The van der Waals surface area contributed by atoms with Gasteiger partial charge in [0.05, 0.1) is 5.75 Å². The average molecular weight is 381 g/mol. The maximum absolute atomic E-state index is 12.3. The number of carbonyl (C=O) groups excluding carboxylic acids is 1. The van der Waals surface area contributed by atoms with Gasteiger partial charge in [0.25, 0.3) is 0 Å². The van der Waals surface area contributed by atoms with Crippen molar-refractivity contribution in [2.45, 2.75) is 38.9 Å².